The predicted molar refractivity (Wildman–Crippen MR) is 37.8 cm³/mol. The van der Waals surface area contributed by atoms with Gasteiger partial charge in [0.1, 0.15) is 0 Å². The van der Waals surface area contributed by atoms with Crippen molar-refractivity contribution in [3.05, 3.63) is 0 Å². The number of carbonyl (C=O) groups is 2. The van der Waals surface area contributed by atoms with E-state index >= 15 is 0 Å². The van der Waals surface area contributed by atoms with Gasteiger partial charge in [-0.3, -0.25) is 0 Å². The van der Waals surface area contributed by atoms with E-state index in [1.807, 2.05) is 0 Å². The van der Waals surface area contributed by atoms with Crippen molar-refractivity contribution in [3.8, 4) is 0 Å². The van der Waals surface area contributed by atoms with Crippen molar-refractivity contribution in [2.24, 2.45) is 23.7 Å². The fourth-order valence-corrected chi connectivity index (χ4v) is 2.89. The molecule has 0 spiro atoms. The minimum atomic E-state index is -1.10. The maximum atomic E-state index is 10.6. The molecule has 0 aliphatic heterocycles. The van der Waals surface area contributed by atoms with Crippen LogP contribution in [0.25, 0.3) is 0 Å². The molecular formula is C9H10Na2O4. The molecule has 0 heterocycles. The molecule has 0 amide bonds. The van der Waals surface area contributed by atoms with Crippen LogP contribution in [0.3, 0.4) is 0 Å². The first-order valence-corrected chi connectivity index (χ1v) is 4.51. The molecule has 2 atom stereocenters. The molecule has 0 N–H and O–H groups in total. The average molecular weight is 228 g/mol. The van der Waals surface area contributed by atoms with Gasteiger partial charge in [0.2, 0.25) is 0 Å². The monoisotopic (exact) mass is 228 g/mol. The zero-order valence-electron chi connectivity index (χ0n) is 9.06. The second kappa shape index (κ2) is 6.03. The first-order valence-electron chi connectivity index (χ1n) is 4.51. The molecule has 4 nitrogen and oxygen atoms in total. The van der Waals surface area contributed by atoms with Gasteiger partial charge in [0.05, 0.1) is 0 Å². The Morgan fingerprint density at radius 1 is 0.867 bits per heavy atom. The van der Waals surface area contributed by atoms with E-state index in [2.05, 4.69) is 0 Å². The number of rotatable bonds is 2. The van der Waals surface area contributed by atoms with E-state index in [4.69, 9.17) is 0 Å². The molecule has 0 aromatic carbocycles. The Hall–Kier alpha value is 0.940. The van der Waals surface area contributed by atoms with Crippen molar-refractivity contribution < 1.29 is 78.9 Å². The minimum Gasteiger partial charge on any atom is -0.550 e. The number of hydrogen-bond acceptors (Lipinski definition) is 4. The van der Waals surface area contributed by atoms with E-state index in [1.165, 1.54) is 0 Å². The molecular weight excluding hydrogens is 218 g/mol. The van der Waals surface area contributed by atoms with Gasteiger partial charge in [-0.05, 0) is 31.1 Å². The molecule has 2 aliphatic rings. The Labute approximate surface area is 132 Å². The predicted octanol–water partition coefficient (Wildman–Crippen LogP) is -7.84. The molecule has 0 aromatic rings. The van der Waals surface area contributed by atoms with E-state index in [0.29, 0.717) is 12.8 Å². The van der Waals surface area contributed by atoms with E-state index < -0.39 is 23.8 Å². The second-order valence-electron chi connectivity index (χ2n) is 4.09. The summed E-state index contributed by atoms with van der Waals surface area (Å²) in [5, 5.41) is 21.3. The SMILES string of the molecule is O=C([O-])C1CC2CC(C(=O)[O-])C1C2.[Na+].[Na+]. The number of carbonyl (C=O) groups excluding carboxylic acids is 2. The molecule has 2 saturated carbocycles. The van der Waals surface area contributed by atoms with Gasteiger partial charge in [0, 0.05) is 23.8 Å². The van der Waals surface area contributed by atoms with Crippen LogP contribution in [0.5, 0.6) is 0 Å². The van der Waals surface area contributed by atoms with Crippen LogP contribution < -0.4 is 69.3 Å². The van der Waals surface area contributed by atoms with Gasteiger partial charge in [-0.25, -0.2) is 0 Å². The van der Waals surface area contributed by atoms with Gasteiger partial charge in [0.25, 0.3) is 0 Å². The molecule has 72 valence electrons. The Morgan fingerprint density at radius 2 is 1.27 bits per heavy atom. The molecule has 2 fully saturated rings. The number of fused-ring (bicyclic) bond motifs is 2. The molecule has 0 saturated heterocycles. The molecule has 0 radical (unpaired) electrons. The van der Waals surface area contributed by atoms with Crippen LogP contribution in [0, 0.1) is 23.7 Å². The Balaban J connectivity index is 0.000000980. The molecule has 15 heavy (non-hydrogen) atoms. The average Bonchev–Trinajstić information content (AvgIpc) is 2.60. The van der Waals surface area contributed by atoms with Gasteiger partial charge in [-0.1, -0.05) is 0 Å². The molecule has 2 bridgehead atoms. The van der Waals surface area contributed by atoms with Crippen LogP contribution in [0.4, 0.5) is 0 Å². The van der Waals surface area contributed by atoms with Crippen molar-refractivity contribution in [1.82, 2.24) is 0 Å². The van der Waals surface area contributed by atoms with Crippen LogP contribution >= 0.6 is 0 Å². The third-order valence-electron chi connectivity index (χ3n) is 3.42. The standard InChI is InChI=1S/C9H12O4.2Na/c10-8(11)6-2-4-1-5(6)7(3-4)9(12)13;;/h4-7H,1-3H2,(H,10,11)(H,12,13);;/q;2*+1/p-2. The van der Waals surface area contributed by atoms with Crippen LogP contribution in [0.15, 0.2) is 0 Å². The summed E-state index contributed by atoms with van der Waals surface area (Å²) >= 11 is 0. The summed E-state index contributed by atoms with van der Waals surface area (Å²) < 4.78 is 0. The molecule has 0 aromatic heterocycles. The van der Waals surface area contributed by atoms with Gasteiger partial charge >= 0.3 is 59.1 Å². The summed E-state index contributed by atoms with van der Waals surface area (Å²) in [5.74, 6) is -3.28. The molecule has 2 unspecified atom stereocenters. The summed E-state index contributed by atoms with van der Waals surface area (Å²) in [6.45, 7) is 0. The summed E-state index contributed by atoms with van der Waals surface area (Å²) in [7, 11) is 0. The number of hydrogen-bond donors (Lipinski definition) is 0. The van der Waals surface area contributed by atoms with Crippen LogP contribution in [0.1, 0.15) is 19.3 Å². The summed E-state index contributed by atoms with van der Waals surface area (Å²) in [5.41, 5.74) is 0. The number of aliphatic carboxylic acids is 2. The van der Waals surface area contributed by atoms with Crippen LogP contribution in [-0.2, 0) is 9.59 Å². The summed E-state index contributed by atoms with van der Waals surface area (Å²) in [6.07, 6.45) is 1.91. The maximum Gasteiger partial charge on any atom is 1.00 e. The van der Waals surface area contributed by atoms with Gasteiger partial charge in [0.15, 0.2) is 0 Å². The van der Waals surface area contributed by atoms with Crippen LogP contribution in [-0.4, -0.2) is 11.9 Å². The smallest absolute Gasteiger partial charge is 0.550 e. The molecule has 2 rings (SSSR count). The first kappa shape index (κ1) is 15.9. The van der Waals surface area contributed by atoms with Crippen molar-refractivity contribution in [1.29, 1.82) is 0 Å². The third-order valence-corrected chi connectivity index (χ3v) is 3.42. The second-order valence-corrected chi connectivity index (χ2v) is 4.09. The van der Waals surface area contributed by atoms with Crippen molar-refractivity contribution >= 4 is 11.9 Å². The summed E-state index contributed by atoms with van der Waals surface area (Å²) in [6, 6.07) is 0. The Kier molecular flexibility index (Phi) is 6.41. The minimum absolute atomic E-state index is 0. The molecule has 6 heteroatoms. The van der Waals surface area contributed by atoms with E-state index in [0.717, 1.165) is 6.42 Å². The van der Waals surface area contributed by atoms with Crippen molar-refractivity contribution in [2.75, 3.05) is 0 Å². The molecule has 2 aliphatic carbocycles. The third kappa shape index (κ3) is 2.99. The van der Waals surface area contributed by atoms with Gasteiger partial charge < -0.3 is 19.8 Å². The number of carboxylic acids is 2. The fourth-order valence-electron chi connectivity index (χ4n) is 2.89. The number of carboxylic acid groups (broad SMARTS) is 2. The maximum absolute atomic E-state index is 10.6. The zero-order valence-corrected chi connectivity index (χ0v) is 13.1. The van der Waals surface area contributed by atoms with E-state index in [9.17, 15) is 19.8 Å². The van der Waals surface area contributed by atoms with Gasteiger partial charge in [-0.15, -0.1) is 0 Å². The van der Waals surface area contributed by atoms with E-state index in [1.54, 1.807) is 0 Å². The van der Waals surface area contributed by atoms with Crippen LogP contribution in [0.2, 0.25) is 0 Å². The van der Waals surface area contributed by atoms with Crippen molar-refractivity contribution in [3.63, 3.8) is 0 Å². The zero-order chi connectivity index (χ0) is 9.59. The van der Waals surface area contributed by atoms with E-state index in [-0.39, 0.29) is 71.0 Å². The van der Waals surface area contributed by atoms with Crippen molar-refractivity contribution in [2.45, 2.75) is 19.3 Å². The Bertz CT molecular complexity index is 245. The normalized spacial score (nSPS) is 36.5. The first-order chi connectivity index (χ1) is 6.09. The fraction of sp³-hybridized carbons (Fsp3) is 0.778. The van der Waals surface area contributed by atoms with Gasteiger partial charge in [-0.2, -0.15) is 0 Å². The quantitative estimate of drug-likeness (QED) is 0.440. The largest absolute Gasteiger partial charge is 1.00 e. The summed E-state index contributed by atoms with van der Waals surface area (Å²) in [4.78, 5) is 21.3. The topological polar surface area (TPSA) is 80.3 Å². The Morgan fingerprint density at radius 3 is 1.53 bits per heavy atom.